The van der Waals surface area contributed by atoms with Gasteiger partial charge in [-0.25, -0.2) is 4.98 Å². The molecule has 2 N–H and O–H groups in total. The summed E-state index contributed by atoms with van der Waals surface area (Å²) in [6.45, 7) is 11.4. The standard InChI is InChI=1S/C23H34N4O2/c1-5-22-24-23(26-25-22)13-27-11-16-9-19(28)21(10-17(16)12-27)29-20-8-15(4)6-7-18(20)14(2)3/h6-8,14,16-17,19,21,28H,5,9-13H2,1-4H3,(H,24,25,26)/t16-,17+,19+,21+/m0/s1. The van der Waals surface area contributed by atoms with Gasteiger partial charge < -0.3 is 9.84 Å². The molecule has 4 rings (SSSR count). The van der Waals surface area contributed by atoms with E-state index in [1.54, 1.807) is 0 Å². The lowest BCUT2D eigenvalue weighted by molar-refractivity contribution is -0.0236. The van der Waals surface area contributed by atoms with E-state index in [1.807, 2.05) is 0 Å². The molecule has 2 heterocycles. The van der Waals surface area contributed by atoms with Gasteiger partial charge in [-0.05, 0) is 54.7 Å². The number of aromatic nitrogens is 3. The number of nitrogens with one attached hydrogen (secondary N) is 1. The second-order valence-corrected chi connectivity index (χ2v) is 9.16. The Morgan fingerprint density at radius 3 is 2.69 bits per heavy atom. The van der Waals surface area contributed by atoms with Crippen LogP contribution in [0.1, 0.15) is 62.3 Å². The van der Waals surface area contributed by atoms with E-state index in [9.17, 15) is 5.11 Å². The predicted octanol–water partition coefficient (Wildman–Crippen LogP) is 3.45. The van der Waals surface area contributed by atoms with Crippen molar-refractivity contribution >= 4 is 0 Å². The molecule has 4 atom stereocenters. The van der Waals surface area contributed by atoms with Gasteiger partial charge in [-0.3, -0.25) is 10.00 Å². The van der Waals surface area contributed by atoms with E-state index in [0.29, 0.717) is 17.8 Å². The minimum absolute atomic E-state index is 0.132. The van der Waals surface area contributed by atoms with E-state index in [1.165, 1.54) is 11.1 Å². The van der Waals surface area contributed by atoms with Crippen molar-refractivity contribution < 1.29 is 9.84 Å². The molecule has 0 amide bonds. The molecule has 1 aromatic carbocycles. The van der Waals surface area contributed by atoms with Gasteiger partial charge in [-0.2, -0.15) is 5.10 Å². The third kappa shape index (κ3) is 4.48. The smallest absolute Gasteiger partial charge is 0.150 e. The van der Waals surface area contributed by atoms with Gasteiger partial charge in [0.2, 0.25) is 0 Å². The molecule has 6 heteroatoms. The molecule has 1 saturated heterocycles. The van der Waals surface area contributed by atoms with Crippen LogP contribution in [-0.2, 0) is 13.0 Å². The van der Waals surface area contributed by atoms with Crippen LogP contribution in [0.3, 0.4) is 0 Å². The van der Waals surface area contributed by atoms with Crippen LogP contribution in [-0.4, -0.2) is 50.5 Å². The minimum atomic E-state index is -0.409. The van der Waals surface area contributed by atoms with Crippen LogP contribution in [0.4, 0.5) is 0 Å². The van der Waals surface area contributed by atoms with Crippen molar-refractivity contribution in [3.8, 4) is 5.75 Å². The first-order valence-electron chi connectivity index (χ1n) is 11.0. The summed E-state index contributed by atoms with van der Waals surface area (Å²) in [6.07, 6.45) is 2.03. The highest BCUT2D eigenvalue weighted by Crippen LogP contribution is 2.39. The maximum Gasteiger partial charge on any atom is 0.150 e. The molecule has 1 aliphatic heterocycles. The Bertz CT molecular complexity index is 834. The summed E-state index contributed by atoms with van der Waals surface area (Å²) in [7, 11) is 0. The van der Waals surface area contributed by atoms with Crippen LogP contribution in [0.2, 0.25) is 0 Å². The number of aliphatic hydroxyl groups is 1. The quantitative estimate of drug-likeness (QED) is 0.780. The van der Waals surface area contributed by atoms with E-state index < -0.39 is 6.10 Å². The van der Waals surface area contributed by atoms with Crippen molar-refractivity contribution in [3.05, 3.63) is 41.0 Å². The second kappa shape index (κ2) is 8.44. The Labute approximate surface area is 173 Å². The average molecular weight is 399 g/mol. The topological polar surface area (TPSA) is 74.3 Å². The third-order valence-corrected chi connectivity index (χ3v) is 6.50. The molecule has 2 aliphatic rings. The van der Waals surface area contributed by atoms with E-state index in [-0.39, 0.29) is 6.10 Å². The predicted molar refractivity (Wildman–Crippen MR) is 113 cm³/mol. The Morgan fingerprint density at radius 1 is 1.24 bits per heavy atom. The third-order valence-electron chi connectivity index (χ3n) is 6.50. The Balaban J connectivity index is 1.41. The number of nitrogens with zero attached hydrogens (tertiary/aromatic N) is 3. The minimum Gasteiger partial charge on any atom is -0.487 e. The van der Waals surface area contributed by atoms with Gasteiger partial charge in [0.1, 0.15) is 23.5 Å². The van der Waals surface area contributed by atoms with Crippen molar-refractivity contribution in [2.75, 3.05) is 13.1 Å². The number of fused-ring (bicyclic) bond motifs is 1. The van der Waals surface area contributed by atoms with E-state index in [2.05, 4.69) is 66.0 Å². The van der Waals surface area contributed by atoms with Crippen LogP contribution in [0, 0.1) is 18.8 Å². The van der Waals surface area contributed by atoms with Crippen molar-refractivity contribution in [1.82, 2.24) is 20.1 Å². The zero-order valence-corrected chi connectivity index (χ0v) is 18.1. The average Bonchev–Trinajstić information content (AvgIpc) is 3.28. The number of benzene rings is 1. The van der Waals surface area contributed by atoms with Gasteiger partial charge >= 0.3 is 0 Å². The number of likely N-dealkylation sites (tertiary alicyclic amines) is 1. The van der Waals surface area contributed by atoms with Gasteiger partial charge in [-0.15, -0.1) is 0 Å². The lowest BCUT2D eigenvalue weighted by Crippen LogP contribution is -2.42. The lowest BCUT2D eigenvalue weighted by atomic mass is 9.78. The van der Waals surface area contributed by atoms with E-state index in [0.717, 1.165) is 56.3 Å². The highest BCUT2D eigenvalue weighted by atomic mass is 16.5. The summed E-state index contributed by atoms with van der Waals surface area (Å²) in [5, 5.41) is 18.1. The molecule has 1 aromatic heterocycles. The second-order valence-electron chi connectivity index (χ2n) is 9.16. The zero-order chi connectivity index (χ0) is 20.5. The monoisotopic (exact) mass is 398 g/mol. The molecule has 0 radical (unpaired) electrons. The van der Waals surface area contributed by atoms with Crippen LogP contribution in [0.5, 0.6) is 5.75 Å². The number of rotatable bonds is 6. The number of aromatic amines is 1. The molecule has 0 spiro atoms. The maximum absolute atomic E-state index is 10.8. The normalized spacial score (nSPS) is 27.4. The number of aliphatic hydroxyl groups excluding tert-OH is 1. The van der Waals surface area contributed by atoms with E-state index >= 15 is 0 Å². The van der Waals surface area contributed by atoms with Crippen LogP contribution in [0.25, 0.3) is 0 Å². The number of ether oxygens (including phenoxy) is 1. The first-order valence-corrected chi connectivity index (χ1v) is 11.0. The van der Waals surface area contributed by atoms with Gasteiger partial charge in [0, 0.05) is 19.5 Å². The molecule has 158 valence electrons. The van der Waals surface area contributed by atoms with E-state index in [4.69, 9.17) is 4.74 Å². The molecule has 0 unspecified atom stereocenters. The molecular weight excluding hydrogens is 364 g/mol. The van der Waals surface area contributed by atoms with Crippen LogP contribution >= 0.6 is 0 Å². The molecular formula is C23H34N4O2. The molecule has 1 aliphatic carbocycles. The molecule has 2 fully saturated rings. The summed E-state index contributed by atoms with van der Waals surface area (Å²) in [5.41, 5.74) is 2.41. The summed E-state index contributed by atoms with van der Waals surface area (Å²) >= 11 is 0. The lowest BCUT2D eigenvalue weighted by Gasteiger charge is -2.36. The molecule has 0 bridgehead atoms. The largest absolute Gasteiger partial charge is 0.487 e. The zero-order valence-electron chi connectivity index (χ0n) is 18.1. The Morgan fingerprint density at radius 2 is 2.00 bits per heavy atom. The number of hydrogen-bond acceptors (Lipinski definition) is 5. The fraction of sp³-hybridized carbons (Fsp3) is 0.652. The van der Waals surface area contributed by atoms with Crippen molar-refractivity contribution in [3.63, 3.8) is 0 Å². The first-order chi connectivity index (χ1) is 13.9. The maximum atomic E-state index is 10.8. The van der Waals surface area contributed by atoms with Crippen LogP contribution < -0.4 is 4.74 Å². The fourth-order valence-corrected chi connectivity index (χ4v) is 4.90. The molecule has 2 aromatic rings. The fourth-order valence-electron chi connectivity index (χ4n) is 4.90. The number of H-pyrrole nitrogens is 1. The highest BCUT2D eigenvalue weighted by molar-refractivity contribution is 5.39. The first kappa shape index (κ1) is 20.4. The van der Waals surface area contributed by atoms with Gasteiger partial charge in [0.25, 0.3) is 0 Å². The van der Waals surface area contributed by atoms with Gasteiger partial charge in [0.05, 0.1) is 12.6 Å². The SMILES string of the molecule is CCc1n[nH]c(CN2C[C@H]3C[C@@H](Oc4cc(C)ccc4C(C)C)[C@H](O)C[C@H]3C2)n1. The summed E-state index contributed by atoms with van der Waals surface area (Å²) < 4.78 is 6.42. The molecule has 29 heavy (non-hydrogen) atoms. The number of aryl methyl sites for hydroxylation is 2. The molecule has 1 saturated carbocycles. The highest BCUT2D eigenvalue weighted by Gasteiger charge is 2.43. The number of hydrogen-bond donors (Lipinski definition) is 2. The van der Waals surface area contributed by atoms with Crippen molar-refractivity contribution in [2.24, 2.45) is 11.8 Å². The Hall–Kier alpha value is -1.92. The summed E-state index contributed by atoms with van der Waals surface area (Å²) in [5.74, 6) is 4.24. The van der Waals surface area contributed by atoms with Crippen LogP contribution in [0.15, 0.2) is 18.2 Å². The van der Waals surface area contributed by atoms with Gasteiger partial charge in [-0.1, -0.05) is 32.9 Å². The van der Waals surface area contributed by atoms with Gasteiger partial charge in [0.15, 0.2) is 0 Å². The van der Waals surface area contributed by atoms with Crippen molar-refractivity contribution in [2.45, 2.75) is 71.6 Å². The Kier molecular flexibility index (Phi) is 5.93. The molecule has 6 nitrogen and oxygen atoms in total. The summed E-state index contributed by atoms with van der Waals surface area (Å²) in [6, 6.07) is 6.41. The van der Waals surface area contributed by atoms with Crippen molar-refractivity contribution in [1.29, 1.82) is 0 Å². The summed E-state index contributed by atoms with van der Waals surface area (Å²) in [4.78, 5) is 6.99.